The summed E-state index contributed by atoms with van der Waals surface area (Å²) in [4.78, 5) is 24.2. The van der Waals surface area contributed by atoms with Crippen molar-refractivity contribution in [3.8, 4) is 11.4 Å². The molecule has 0 fully saturated rings. The maximum absolute atomic E-state index is 14.2. The first-order valence-corrected chi connectivity index (χ1v) is 8.36. The van der Waals surface area contributed by atoms with Crippen LogP contribution < -0.4 is 16.0 Å². The summed E-state index contributed by atoms with van der Waals surface area (Å²) < 4.78 is 58.5. The first kappa shape index (κ1) is 19.4. The molecule has 0 amide bonds. The molecule has 11 heteroatoms. The lowest BCUT2D eigenvalue weighted by atomic mass is 10.2. The van der Waals surface area contributed by atoms with Crippen LogP contribution in [-0.4, -0.2) is 21.3 Å². The first-order valence-electron chi connectivity index (χ1n) is 6.59. The van der Waals surface area contributed by atoms with E-state index in [4.69, 9.17) is 16.3 Å². The van der Waals surface area contributed by atoms with Crippen LogP contribution in [0.3, 0.4) is 0 Å². The van der Waals surface area contributed by atoms with Crippen LogP contribution in [0.4, 0.5) is 17.6 Å². The van der Waals surface area contributed by atoms with E-state index in [-0.39, 0.29) is 31.9 Å². The van der Waals surface area contributed by atoms with E-state index in [9.17, 15) is 27.2 Å². The minimum Gasteiger partial charge on any atom is -0.481 e. The normalized spacial score (nSPS) is 11.6. The number of rotatable bonds is 4. The number of halogens is 5. The molecule has 0 radical (unpaired) electrons. The molecule has 0 aliphatic heterocycles. The number of nitrogens with zero attached hydrogens (tertiary/aromatic N) is 2. The summed E-state index contributed by atoms with van der Waals surface area (Å²) in [7, 11) is 0.833. The van der Waals surface area contributed by atoms with E-state index in [1.165, 1.54) is 11.8 Å². The largest absolute Gasteiger partial charge is 0.481 e. The van der Waals surface area contributed by atoms with Gasteiger partial charge in [0.15, 0.2) is 0 Å². The van der Waals surface area contributed by atoms with E-state index >= 15 is 0 Å². The summed E-state index contributed by atoms with van der Waals surface area (Å²) in [6, 6.07) is 2.03. The van der Waals surface area contributed by atoms with Crippen molar-refractivity contribution in [1.29, 1.82) is 0 Å². The van der Waals surface area contributed by atoms with Crippen molar-refractivity contribution >= 4 is 23.4 Å². The van der Waals surface area contributed by atoms with Gasteiger partial charge in [-0.1, -0.05) is 11.6 Å². The fourth-order valence-electron chi connectivity index (χ4n) is 2.04. The van der Waals surface area contributed by atoms with Crippen LogP contribution in [0.5, 0.6) is 5.75 Å². The Morgan fingerprint density at radius 2 is 1.88 bits per heavy atom. The van der Waals surface area contributed by atoms with E-state index < -0.39 is 34.6 Å². The summed E-state index contributed by atoms with van der Waals surface area (Å²) in [5, 5.41) is -0.105. The number of ether oxygens (including phenoxy) is 1. The third kappa shape index (κ3) is 3.84. The minimum atomic E-state index is -4.91. The van der Waals surface area contributed by atoms with Gasteiger partial charge < -0.3 is 4.74 Å². The minimum absolute atomic E-state index is 0.0127. The van der Waals surface area contributed by atoms with Crippen LogP contribution in [-0.2, 0) is 13.2 Å². The van der Waals surface area contributed by atoms with Gasteiger partial charge in [-0.2, -0.15) is 13.2 Å². The number of hydrogen-bond donors (Lipinski definition) is 0. The SMILES string of the molecule is CSCOc1cc(-n2c(=O)cc(C(F)(F)F)n(C)c2=O)c(F)cc1Cl. The fourth-order valence-corrected chi connectivity index (χ4v) is 2.49. The molecule has 0 saturated heterocycles. The van der Waals surface area contributed by atoms with E-state index in [0.29, 0.717) is 0 Å². The van der Waals surface area contributed by atoms with Crippen LogP contribution in [0.1, 0.15) is 5.69 Å². The highest BCUT2D eigenvalue weighted by Gasteiger charge is 2.35. The lowest BCUT2D eigenvalue weighted by Crippen LogP contribution is -2.41. The number of benzene rings is 1. The van der Waals surface area contributed by atoms with Crippen LogP contribution in [0, 0.1) is 5.82 Å². The Kier molecular flexibility index (Phi) is 5.52. The van der Waals surface area contributed by atoms with Crippen molar-refractivity contribution in [1.82, 2.24) is 9.13 Å². The van der Waals surface area contributed by atoms with Gasteiger partial charge in [0.05, 0.1) is 10.7 Å². The van der Waals surface area contributed by atoms with Crippen molar-refractivity contribution in [2.45, 2.75) is 6.18 Å². The molecule has 1 aromatic heterocycles. The van der Waals surface area contributed by atoms with Gasteiger partial charge in [0.1, 0.15) is 23.2 Å². The lowest BCUT2D eigenvalue weighted by molar-refractivity contribution is -0.144. The van der Waals surface area contributed by atoms with Gasteiger partial charge in [-0.15, -0.1) is 11.8 Å². The highest BCUT2D eigenvalue weighted by Crippen LogP contribution is 2.30. The number of aromatic nitrogens is 2. The average Bonchev–Trinajstić information content (AvgIpc) is 2.50. The number of thioether (sulfide) groups is 1. The number of hydrogen-bond acceptors (Lipinski definition) is 4. The van der Waals surface area contributed by atoms with E-state index in [0.717, 1.165) is 19.2 Å². The van der Waals surface area contributed by atoms with E-state index in [1.807, 2.05) is 0 Å². The second-order valence-electron chi connectivity index (χ2n) is 4.83. The van der Waals surface area contributed by atoms with Gasteiger partial charge in [-0.25, -0.2) is 13.8 Å². The second kappa shape index (κ2) is 7.12. The summed E-state index contributed by atoms with van der Waals surface area (Å²) in [5.41, 5.74) is -4.67. The van der Waals surface area contributed by atoms with Gasteiger partial charge in [-0.3, -0.25) is 9.36 Å². The summed E-state index contributed by atoms with van der Waals surface area (Å²) in [5.74, 6) is -0.910. The molecule has 1 heterocycles. The van der Waals surface area contributed by atoms with Crippen molar-refractivity contribution < 1.29 is 22.3 Å². The summed E-state index contributed by atoms with van der Waals surface area (Å²) >= 11 is 7.12. The average molecular weight is 399 g/mol. The molecule has 0 atom stereocenters. The maximum atomic E-state index is 14.2. The third-order valence-corrected chi connectivity index (χ3v) is 3.83. The first-order chi connectivity index (χ1) is 11.6. The molecular formula is C14H11ClF4N2O3S. The Balaban J connectivity index is 2.73. The predicted octanol–water partition coefficient (Wildman–Crippen LogP) is 3.05. The topological polar surface area (TPSA) is 53.2 Å². The van der Waals surface area contributed by atoms with Crippen LogP contribution in [0.2, 0.25) is 5.02 Å². The van der Waals surface area contributed by atoms with Crippen molar-refractivity contribution in [2.75, 3.05) is 12.2 Å². The second-order valence-corrected chi connectivity index (χ2v) is 6.05. The molecule has 0 bridgehead atoms. The third-order valence-electron chi connectivity index (χ3n) is 3.19. The molecule has 5 nitrogen and oxygen atoms in total. The Bertz CT molecular complexity index is 924. The van der Waals surface area contributed by atoms with Crippen molar-refractivity contribution in [2.24, 2.45) is 7.05 Å². The molecular weight excluding hydrogens is 388 g/mol. The zero-order chi connectivity index (χ0) is 18.9. The smallest absolute Gasteiger partial charge is 0.431 e. The van der Waals surface area contributed by atoms with Crippen LogP contribution in [0.15, 0.2) is 27.8 Å². The van der Waals surface area contributed by atoms with Crippen molar-refractivity contribution in [3.05, 3.63) is 55.6 Å². The number of alkyl halides is 3. The quantitative estimate of drug-likeness (QED) is 0.587. The molecule has 0 aliphatic rings. The Hall–Kier alpha value is -1.94. The summed E-state index contributed by atoms with van der Waals surface area (Å²) in [6.45, 7) is 0. The molecule has 0 N–H and O–H groups in total. The van der Waals surface area contributed by atoms with E-state index in [2.05, 4.69) is 0 Å². The molecule has 0 saturated carbocycles. The Morgan fingerprint density at radius 3 is 2.44 bits per heavy atom. The molecule has 2 rings (SSSR count). The van der Waals surface area contributed by atoms with Gasteiger partial charge in [0.2, 0.25) is 0 Å². The lowest BCUT2D eigenvalue weighted by Gasteiger charge is -2.15. The van der Waals surface area contributed by atoms with Crippen LogP contribution >= 0.6 is 23.4 Å². The summed E-state index contributed by atoms with van der Waals surface area (Å²) in [6.07, 6.45) is -3.17. The molecule has 136 valence electrons. The van der Waals surface area contributed by atoms with Gasteiger partial charge in [-0.05, 0) is 12.3 Å². The fraction of sp³-hybridized carbons (Fsp3) is 0.286. The molecule has 1 aromatic carbocycles. The highest BCUT2D eigenvalue weighted by atomic mass is 35.5. The molecule has 0 unspecified atom stereocenters. The molecule has 25 heavy (non-hydrogen) atoms. The Morgan fingerprint density at radius 1 is 1.24 bits per heavy atom. The molecule has 0 spiro atoms. The highest BCUT2D eigenvalue weighted by molar-refractivity contribution is 7.98. The van der Waals surface area contributed by atoms with Gasteiger partial charge in [0, 0.05) is 19.2 Å². The standard InChI is InChI=1S/C14H11ClF4N2O3S/c1-20-11(14(17,18)19)5-12(22)21(13(20)23)9-4-10(24-6-25-2)7(15)3-8(9)16/h3-5H,6H2,1-2H3. The van der Waals surface area contributed by atoms with Gasteiger partial charge in [0.25, 0.3) is 5.56 Å². The zero-order valence-electron chi connectivity index (χ0n) is 12.9. The predicted molar refractivity (Wildman–Crippen MR) is 86.3 cm³/mol. The molecule has 0 aliphatic carbocycles. The molecule has 2 aromatic rings. The maximum Gasteiger partial charge on any atom is 0.431 e. The monoisotopic (exact) mass is 398 g/mol. The van der Waals surface area contributed by atoms with Crippen molar-refractivity contribution in [3.63, 3.8) is 0 Å². The van der Waals surface area contributed by atoms with Crippen LogP contribution in [0.25, 0.3) is 5.69 Å². The van der Waals surface area contributed by atoms with E-state index in [1.54, 1.807) is 6.26 Å². The zero-order valence-corrected chi connectivity index (χ0v) is 14.4. The van der Waals surface area contributed by atoms with Gasteiger partial charge >= 0.3 is 11.9 Å². The Labute approximate surface area is 147 Å².